The van der Waals surface area contributed by atoms with Crippen LogP contribution in [0.5, 0.6) is 0 Å². The number of hydrogen-bond donors (Lipinski definition) is 0. The van der Waals surface area contributed by atoms with Crippen LogP contribution < -0.4 is 0 Å². The molecule has 0 heterocycles. The molecule has 1 unspecified atom stereocenters. The van der Waals surface area contributed by atoms with E-state index in [1.165, 1.54) is 19.3 Å². The van der Waals surface area contributed by atoms with Crippen LogP contribution in [-0.4, -0.2) is 28.8 Å². The molecule has 0 amide bonds. The van der Waals surface area contributed by atoms with Crippen LogP contribution in [0.25, 0.3) is 0 Å². The number of hydrogen-bond acceptors (Lipinski definition) is 1. The average Bonchev–Trinajstić information content (AvgIpc) is 2.03. The number of carbonyl (C=O) groups excluding carboxylic acids is 1. The Bertz CT molecular complexity index is 132. The van der Waals surface area contributed by atoms with E-state index in [4.69, 9.17) is 0 Å². The van der Waals surface area contributed by atoms with Gasteiger partial charge in [-0.25, -0.2) is 0 Å². The molecule has 76 valence electrons. The standard InChI is InChI=1S/C11H22O.Mg.2H/c1-5-6-7-8-10(4)11(12)9(2)3;;;/h9-10H,5-8H2,1-4H3;;;. The third-order valence-electron chi connectivity index (χ3n) is 2.30. The molecule has 1 atom stereocenters. The topological polar surface area (TPSA) is 17.1 Å². The lowest BCUT2D eigenvalue weighted by Gasteiger charge is -2.11. The maximum atomic E-state index is 11.4. The smallest absolute Gasteiger partial charge is 0.299 e. The van der Waals surface area contributed by atoms with Gasteiger partial charge in [-0.1, -0.05) is 47.0 Å². The summed E-state index contributed by atoms with van der Waals surface area (Å²) in [5, 5.41) is 0. The summed E-state index contributed by atoms with van der Waals surface area (Å²) in [5.74, 6) is 0.907. The molecule has 0 radical (unpaired) electrons. The fourth-order valence-corrected chi connectivity index (χ4v) is 1.41. The molecule has 13 heavy (non-hydrogen) atoms. The van der Waals surface area contributed by atoms with Crippen LogP contribution in [0, 0.1) is 11.8 Å². The van der Waals surface area contributed by atoms with Gasteiger partial charge in [0.2, 0.25) is 0 Å². The molecular formula is C11H24MgO. The van der Waals surface area contributed by atoms with Gasteiger partial charge in [0.1, 0.15) is 5.78 Å². The van der Waals surface area contributed by atoms with E-state index in [-0.39, 0.29) is 34.9 Å². The molecule has 1 nitrogen and oxygen atoms in total. The van der Waals surface area contributed by atoms with Gasteiger partial charge < -0.3 is 0 Å². The lowest BCUT2D eigenvalue weighted by Crippen LogP contribution is -2.16. The normalized spacial score (nSPS) is 12.4. The Kier molecular flexibility index (Phi) is 11.0. The van der Waals surface area contributed by atoms with Gasteiger partial charge in [-0.3, -0.25) is 4.79 Å². The van der Waals surface area contributed by atoms with Crippen molar-refractivity contribution >= 4 is 28.8 Å². The van der Waals surface area contributed by atoms with Gasteiger partial charge in [0.25, 0.3) is 0 Å². The molecular weight excluding hydrogens is 172 g/mol. The molecule has 0 saturated heterocycles. The molecule has 0 spiro atoms. The van der Waals surface area contributed by atoms with Crippen LogP contribution in [0.15, 0.2) is 0 Å². The van der Waals surface area contributed by atoms with E-state index in [0.717, 1.165) is 6.42 Å². The van der Waals surface area contributed by atoms with Crippen LogP contribution in [0.2, 0.25) is 0 Å². The van der Waals surface area contributed by atoms with E-state index in [0.29, 0.717) is 5.78 Å². The predicted octanol–water partition coefficient (Wildman–Crippen LogP) is 2.51. The summed E-state index contributed by atoms with van der Waals surface area (Å²) in [4.78, 5) is 11.4. The highest BCUT2D eigenvalue weighted by atomic mass is 24.3. The first kappa shape index (κ1) is 15.9. The van der Waals surface area contributed by atoms with Crippen molar-refractivity contribution in [1.29, 1.82) is 0 Å². The summed E-state index contributed by atoms with van der Waals surface area (Å²) in [7, 11) is 0. The van der Waals surface area contributed by atoms with Crippen molar-refractivity contribution in [2.75, 3.05) is 0 Å². The summed E-state index contributed by atoms with van der Waals surface area (Å²) >= 11 is 0. The van der Waals surface area contributed by atoms with E-state index in [1.807, 2.05) is 13.8 Å². The zero-order valence-corrected chi connectivity index (χ0v) is 8.89. The molecule has 0 aliphatic carbocycles. The molecule has 0 aliphatic heterocycles. The summed E-state index contributed by atoms with van der Waals surface area (Å²) in [6.07, 6.45) is 4.78. The zero-order chi connectivity index (χ0) is 9.56. The molecule has 0 aromatic carbocycles. The second-order valence-corrected chi connectivity index (χ2v) is 3.95. The maximum Gasteiger partial charge on any atom is 0.316 e. The van der Waals surface area contributed by atoms with Gasteiger partial charge in [0.05, 0.1) is 0 Å². The van der Waals surface area contributed by atoms with E-state index in [2.05, 4.69) is 13.8 Å². The lowest BCUT2D eigenvalue weighted by atomic mass is 9.92. The Morgan fingerprint density at radius 2 is 1.69 bits per heavy atom. The zero-order valence-electron chi connectivity index (χ0n) is 8.89. The summed E-state index contributed by atoms with van der Waals surface area (Å²) in [6, 6.07) is 0. The van der Waals surface area contributed by atoms with Crippen molar-refractivity contribution in [3.63, 3.8) is 0 Å². The molecule has 0 saturated carbocycles. The number of rotatable bonds is 6. The Hall–Kier alpha value is 0.436. The maximum absolute atomic E-state index is 11.4. The summed E-state index contributed by atoms with van der Waals surface area (Å²) in [6.45, 7) is 8.21. The molecule has 0 N–H and O–H groups in total. The van der Waals surface area contributed by atoms with Crippen LogP contribution in [0.3, 0.4) is 0 Å². The summed E-state index contributed by atoms with van der Waals surface area (Å²) in [5.41, 5.74) is 0. The Balaban J connectivity index is 0. The quantitative estimate of drug-likeness (QED) is 0.471. The van der Waals surface area contributed by atoms with Crippen LogP contribution in [0.1, 0.15) is 53.4 Å². The Labute approximate surface area is 98.8 Å². The molecule has 0 aliphatic rings. The number of ketones is 1. The van der Waals surface area contributed by atoms with Crippen molar-refractivity contribution in [3.8, 4) is 0 Å². The molecule has 0 bridgehead atoms. The molecule has 0 rings (SSSR count). The fraction of sp³-hybridized carbons (Fsp3) is 0.909. The average molecular weight is 197 g/mol. The van der Waals surface area contributed by atoms with E-state index >= 15 is 0 Å². The van der Waals surface area contributed by atoms with Crippen LogP contribution >= 0.6 is 0 Å². The monoisotopic (exact) mass is 196 g/mol. The molecule has 2 heteroatoms. The van der Waals surface area contributed by atoms with Gasteiger partial charge in [-0.2, -0.15) is 0 Å². The van der Waals surface area contributed by atoms with Crippen LogP contribution in [0.4, 0.5) is 0 Å². The van der Waals surface area contributed by atoms with Crippen LogP contribution in [-0.2, 0) is 4.79 Å². The Morgan fingerprint density at radius 3 is 2.08 bits per heavy atom. The molecule has 0 aromatic heterocycles. The second kappa shape index (κ2) is 9.01. The molecule has 0 aromatic rings. The van der Waals surface area contributed by atoms with Gasteiger partial charge in [0.15, 0.2) is 0 Å². The third kappa shape index (κ3) is 7.50. The van der Waals surface area contributed by atoms with Gasteiger partial charge >= 0.3 is 23.1 Å². The van der Waals surface area contributed by atoms with Gasteiger partial charge in [-0.15, -0.1) is 0 Å². The minimum atomic E-state index is 0. The first-order valence-corrected chi connectivity index (χ1v) is 5.13. The number of Topliss-reactive ketones (excluding diaryl/α,β-unsaturated/α-hetero) is 1. The predicted molar refractivity (Wildman–Crippen MR) is 61.7 cm³/mol. The number of carbonyl (C=O) groups is 1. The number of unbranched alkanes of at least 4 members (excludes halogenated alkanes) is 2. The Morgan fingerprint density at radius 1 is 1.15 bits per heavy atom. The van der Waals surface area contributed by atoms with Crippen molar-refractivity contribution in [3.05, 3.63) is 0 Å². The highest BCUT2D eigenvalue weighted by molar-refractivity contribution is 5.82. The van der Waals surface area contributed by atoms with E-state index in [1.54, 1.807) is 0 Å². The minimum Gasteiger partial charge on any atom is -0.299 e. The van der Waals surface area contributed by atoms with Gasteiger partial charge in [-0.05, 0) is 6.42 Å². The fourth-order valence-electron chi connectivity index (χ4n) is 1.41. The largest absolute Gasteiger partial charge is 0.316 e. The highest BCUT2D eigenvalue weighted by Gasteiger charge is 2.15. The van der Waals surface area contributed by atoms with Gasteiger partial charge in [0, 0.05) is 11.8 Å². The third-order valence-corrected chi connectivity index (χ3v) is 2.30. The minimum absolute atomic E-state index is 0. The first-order valence-electron chi connectivity index (χ1n) is 5.13. The molecule has 0 fully saturated rings. The second-order valence-electron chi connectivity index (χ2n) is 3.95. The van der Waals surface area contributed by atoms with E-state index < -0.39 is 0 Å². The summed E-state index contributed by atoms with van der Waals surface area (Å²) < 4.78 is 0. The van der Waals surface area contributed by atoms with Crippen molar-refractivity contribution in [1.82, 2.24) is 0 Å². The highest BCUT2D eigenvalue weighted by Crippen LogP contribution is 2.14. The van der Waals surface area contributed by atoms with Crippen molar-refractivity contribution < 1.29 is 4.79 Å². The first-order chi connectivity index (χ1) is 5.59. The lowest BCUT2D eigenvalue weighted by molar-refractivity contribution is -0.125. The van der Waals surface area contributed by atoms with E-state index in [9.17, 15) is 4.79 Å². The van der Waals surface area contributed by atoms with Crippen molar-refractivity contribution in [2.45, 2.75) is 53.4 Å². The SMILES string of the molecule is CCCCCC(C)C(=O)C(C)C.[MgH2]. The van der Waals surface area contributed by atoms with Crippen molar-refractivity contribution in [2.24, 2.45) is 11.8 Å².